The number of rotatable bonds is 2. The first-order chi connectivity index (χ1) is 6.60. The molecule has 76 valence electrons. The molecule has 0 amide bonds. The normalized spacial score (nSPS) is 18.2. The van der Waals surface area contributed by atoms with Gasteiger partial charge in [0.05, 0.1) is 0 Å². The average Bonchev–Trinajstić information content (AvgIpc) is 2.93. The Morgan fingerprint density at radius 2 is 2.14 bits per heavy atom. The van der Waals surface area contributed by atoms with Gasteiger partial charge >= 0.3 is 0 Å². The smallest absolute Gasteiger partial charge is 0.123 e. The first kappa shape index (κ1) is 9.81. The lowest BCUT2D eigenvalue weighted by atomic mass is 9.93. The Labute approximate surface area is 88.7 Å². The molecule has 0 spiro atoms. The van der Waals surface area contributed by atoms with Crippen molar-refractivity contribution in [2.75, 3.05) is 6.54 Å². The lowest BCUT2D eigenvalue weighted by Gasteiger charge is -2.17. The highest BCUT2D eigenvalue weighted by atomic mass is 35.5. The van der Waals surface area contributed by atoms with Gasteiger partial charge in [0.1, 0.15) is 5.75 Å². The van der Waals surface area contributed by atoms with Crippen molar-refractivity contribution >= 4 is 11.6 Å². The summed E-state index contributed by atoms with van der Waals surface area (Å²) in [6, 6.07) is 3.66. The molecule has 0 bridgehead atoms. The summed E-state index contributed by atoms with van der Waals surface area (Å²) < 4.78 is 0. The van der Waals surface area contributed by atoms with Gasteiger partial charge in [-0.3, -0.25) is 0 Å². The van der Waals surface area contributed by atoms with Crippen LogP contribution in [-0.2, 0) is 5.41 Å². The molecule has 1 aromatic rings. The number of phenols is 1. The van der Waals surface area contributed by atoms with E-state index < -0.39 is 0 Å². The monoisotopic (exact) mass is 211 g/mol. The molecule has 0 heterocycles. The van der Waals surface area contributed by atoms with Crippen molar-refractivity contribution in [3.05, 3.63) is 28.3 Å². The van der Waals surface area contributed by atoms with Crippen molar-refractivity contribution in [3.63, 3.8) is 0 Å². The minimum atomic E-state index is -0.0484. The van der Waals surface area contributed by atoms with E-state index in [9.17, 15) is 5.11 Å². The highest BCUT2D eigenvalue weighted by Gasteiger charge is 2.46. The van der Waals surface area contributed by atoms with E-state index in [1.54, 1.807) is 0 Å². The van der Waals surface area contributed by atoms with Gasteiger partial charge in [-0.05, 0) is 31.4 Å². The number of aryl methyl sites for hydroxylation is 1. The standard InChI is InChI=1S/C11H14ClNO/c1-7-2-3-8(12)9(10(7)14)11(6-13)4-5-11/h2-3,14H,4-6,13H2,1H3. The van der Waals surface area contributed by atoms with Crippen molar-refractivity contribution in [1.82, 2.24) is 0 Å². The molecule has 0 saturated heterocycles. The molecule has 0 aromatic heterocycles. The largest absolute Gasteiger partial charge is 0.507 e. The summed E-state index contributed by atoms with van der Waals surface area (Å²) in [6.45, 7) is 2.44. The van der Waals surface area contributed by atoms with Gasteiger partial charge < -0.3 is 10.8 Å². The maximum atomic E-state index is 9.95. The summed E-state index contributed by atoms with van der Waals surface area (Å²) in [7, 11) is 0. The first-order valence-corrected chi connectivity index (χ1v) is 5.17. The highest BCUT2D eigenvalue weighted by Crippen LogP contribution is 2.53. The van der Waals surface area contributed by atoms with Gasteiger partial charge in [-0.15, -0.1) is 0 Å². The number of aromatic hydroxyl groups is 1. The van der Waals surface area contributed by atoms with Crippen molar-refractivity contribution in [3.8, 4) is 5.75 Å². The second-order valence-corrected chi connectivity index (χ2v) is 4.48. The number of phenolic OH excluding ortho intramolecular Hbond substituents is 1. The molecule has 2 nitrogen and oxygen atoms in total. The van der Waals surface area contributed by atoms with Crippen LogP contribution in [0.4, 0.5) is 0 Å². The Kier molecular flexibility index (Phi) is 2.20. The SMILES string of the molecule is Cc1ccc(Cl)c(C2(CN)CC2)c1O. The molecule has 1 aliphatic carbocycles. The van der Waals surface area contributed by atoms with E-state index in [4.69, 9.17) is 17.3 Å². The molecule has 3 heteroatoms. The van der Waals surface area contributed by atoms with Gasteiger partial charge in [0, 0.05) is 22.5 Å². The third-order valence-electron chi connectivity index (χ3n) is 3.10. The van der Waals surface area contributed by atoms with Crippen LogP contribution >= 0.6 is 11.6 Å². The third-order valence-corrected chi connectivity index (χ3v) is 3.42. The van der Waals surface area contributed by atoms with Crippen LogP contribution in [0.15, 0.2) is 12.1 Å². The Balaban J connectivity index is 2.57. The third kappa shape index (κ3) is 1.30. The van der Waals surface area contributed by atoms with E-state index in [0.29, 0.717) is 17.3 Å². The minimum Gasteiger partial charge on any atom is -0.507 e. The van der Waals surface area contributed by atoms with Gasteiger partial charge in [0.25, 0.3) is 0 Å². The van der Waals surface area contributed by atoms with Crippen LogP contribution in [-0.4, -0.2) is 11.7 Å². The highest BCUT2D eigenvalue weighted by molar-refractivity contribution is 6.31. The Morgan fingerprint density at radius 1 is 1.50 bits per heavy atom. The van der Waals surface area contributed by atoms with Gasteiger partial charge in [-0.2, -0.15) is 0 Å². The molecule has 14 heavy (non-hydrogen) atoms. The van der Waals surface area contributed by atoms with Crippen molar-refractivity contribution in [2.45, 2.75) is 25.2 Å². The molecule has 0 radical (unpaired) electrons. The quantitative estimate of drug-likeness (QED) is 0.789. The Hall–Kier alpha value is -0.730. The van der Waals surface area contributed by atoms with E-state index >= 15 is 0 Å². The zero-order chi connectivity index (χ0) is 10.3. The fourth-order valence-corrected chi connectivity index (χ4v) is 2.24. The lowest BCUT2D eigenvalue weighted by Crippen LogP contribution is -2.20. The van der Waals surface area contributed by atoms with Gasteiger partial charge in [-0.1, -0.05) is 17.7 Å². The van der Waals surface area contributed by atoms with E-state index in [1.807, 2.05) is 19.1 Å². The molecule has 1 aromatic carbocycles. The fourth-order valence-electron chi connectivity index (χ4n) is 1.88. The molecule has 1 saturated carbocycles. The zero-order valence-electron chi connectivity index (χ0n) is 8.18. The molecular formula is C11H14ClNO. The summed E-state index contributed by atoms with van der Waals surface area (Å²) in [4.78, 5) is 0. The second-order valence-electron chi connectivity index (χ2n) is 4.07. The average molecular weight is 212 g/mol. The summed E-state index contributed by atoms with van der Waals surface area (Å²) in [5.74, 6) is 0.320. The van der Waals surface area contributed by atoms with Crippen LogP contribution in [0.25, 0.3) is 0 Å². The van der Waals surface area contributed by atoms with E-state index in [0.717, 1.165) is 24.0 Å². The molecule has 0 atom stereocenters. The minimum absolute atomic E-state index is 0.0484. The predicted molar refractivity (Wildman–Crippen MR) is 57.8 cm³/mol. The maximum absolute atomic E-state index is 9.95. The first-order valence-electron chi connectivity index (χ1n) is 4.79. The van der Waals surface area contributed by atoms with Crippen LogP contribution in [0.2, 0.25) is 5.02 Å². The molecule has 1 aliphatic rings. The molecule has 0 unspecified atom stereocenters. The van der Waals surface area contributed by atoms with Crippen LogP contribution in [0.3, 0.4) is 0 Å². The molecule has 1 fully saturated rings. The summed E-state index contributed by atoms with van der Waals surface area (Å²) in [5.41, 5.74) is 7.38. The number of hydrogen-bond acceptors (Lipinski definition) is 2. The van der Waals surface area contributed by atoms with Crippen molar-refractivity contribution < 1.29 is 5.11 Å². The van der Waals surface area contributed by atoms with Gasteiger partial charge in [0.2, 0.25) is 0 Å². The van der Waals surface area contributed by atoms with Crippen LogP contribution in [0.1, 0.15) is 24.0 Å². The van der Waals surface area contributed by atoms with Gasteiger partial charge in [0.15, 0.2) is 0 Å². The number of benzene rings is 1. The molecule has 0 aliphatic heterocycles. The molecule has 2 rings (SSSR count). The van der Waals surface area contributed by atoms with E-state index in [2.05, 4.69) is 0 Å². The molecule has 3 N–H and O–H groups in total. The lowest BCUT2D eigenvalue weighted by molar-refractivity contribution is 0.455. The van der Waals surface area contributed by atoms with E-state index in [1.165, 1.54) is 0 Å². The van der Waals surface area contributed by atoms with Crippen LogP contribution < -0.4 is 5.73 Å². The summed E-state index contributed by atoms with van der Waals surface area (Å²) >= 11 is 6.09. The van der Waals surface area contributed by atoms with E-state index in [-0.39, 0.29) is 5.41 Å². The van der Waals surface area contributed by atoms with Crippen LogP contribution in [0, 0.1) is 6.92 Å². The predicted octanol–water partition coefficient (Wildman–Crippen LogP) is 2.34. The topological polar surface area (TPSA) is 46.2 Å². The summed E-state index contributed by atoms with van der Waals surface area (Å²) in [5, 5.41) is 10.6. The van der Waals surface area contributed by atoms with Crippen LogP contribution in [0.5, 0.6) is 5.75 Å². The maximum Gasteiger partial charge on any atom is 0.123 e. The fraction of sp³-hybridized carbons (Fsp3) is 0.455. The molecular weight excluding hydrogens is 198 g/mol. The number of hydrogen-bond donors (Lipinski definition) is 2. The van der Waals surface area contributed by atoms with Crippen molar-refractivity contribution in [1.29, 1.82) is 0 Å². The zero-order valence-corrected chi connectivity index (χ0v) is 8.93. The Morgan fingerprint density at radius 3 is 2.64 bits per heavy atom. The Bertz CT molecular complexity index is 372. The number of halogens is 1. The van der Waals surface area contributed by atoms with Gasteiger partial charge in [-0.25, -0.2) is 0 Å². The number of nitrogens with two attached hydrogens (primary N) is 1. The second kappa shape index (κ2) is 3.14. The van der Waals surface area contributed by atoms with Crippen molar-refractivity contribution in [2.24, 2.45) is 5.73 Å². The summed E-state index contributed by atoms with van der Waals surface area (Å²) in [6.07, 6.45) is 2.06.